The summed E-state index contributed by atoms with van der Waals surface area (Å²) in [4.78, 5) is 0. The van der Waals surface area contributed by atoms with Crippen molar-refractivity contribution >= 4 is 0 Å². The summed E-state index contributed by atoms with van der Waals surface area (Å²) in [5.41, 5.74) is 5.30. The minimum absolute atomic E-state index is 0.775. The van der Waals surface area contributed by atoms with Gasteiger partial charge < -0.3 is 15.8 Å². The summed E-state index contributed by atoms with van der Waals surface area (Å²) in [6.45, 7) is 3.68. The molecule has 3 N–H and O–H groups in total. The maximum Gasteiger partial charge on any atom is 0.0474 e. The lowest BCUT2D eigenvalue weighted by Crippen LogP contribution is -2.20. The minimum Gasteiger partial charge on any atom is -0.385 e. The quantitative estimate of drug-likeness (QED) is 0.495. The fourth-order valence-corrected chi connectivity index (χ4v) is 0.694. The molecule has 0 unspecified atom stereocenters. The number of methoxy groups -OCH3 is 1. The smallest absolute Gasteiger partial charge is 0.0474 e. The molecule has 3 nitrogen and oxygen atoms in total. The predicted molar refractivity (Wildman–Crippen MR) is 43.0 cm³/mol. The normalized spacial score (nSPS) is 10.2. The Kier molecular flexibility index (Phi) is 8.77. The van der Waals surface area contributed by atoms with Crippen molar-refractivity contribution < 1.29 is 4.74 Å². The van der Waals surface area contributed by atoms with Crippen molar-refractivity contribution in [3.8, 4) is 0 Å². The average Bonchev–Trinajstić information content (AvgIpc) is 1.97. The van der Waals surface area contributed by atoms with Crippen molar-refractivity contribution in [2.45, 2.75) is 12.8 Å². The van der Waals surface area contributed by atoms with Gasteiger partial charge in [0, 0.05) is 13.7 Å². The van der Waals surface area contributed by atoms with Crippen LogP contribution in [0.15, 0.2) is 0 Å². The van der Waals surface area contributed by atoms with Crippen molar-refractivity contribution in [3.05, 3.63) is 0 Å². The second-order valence-electron chi connectivity index (χ2n) is 2.24. The molecule has 0 aliphatic rings. The van der Waals surface area contributed by atoms with Crippen LogP contribution in [0.5, 0.6) is 0 Å². The van der Waals surface area contributed by atoms with E-state index in [1.165, 1.54) is 0 Å². The first kappa shape index (κ1) is 9.88. The highest BCUT2D eigenvalue weighted by Gasteiger charge is 1.85. The highest BCUT2D eigenvalue weighted by molar-refractivity contribution is 4.47. The number of ether oxygens (including phenoxy) is 1. The van der Waals surface area contributed by atoms with Gasteiger partial charge in [-0.25, -0.2) is 0 Å². The molecule has 0 spiro atoms. The second kappa shape index (κ2) is 8.88. The van der Waals surface area contributed by atoms with Gasteiger partial charge in [0.15, 0.2) is 0 Å². The van der Waals surface area contributed by atoms with E-state index < -0.39 is 0 Å². The van der Waals surface area contributed by atoms with Gasteiger partial charge in [-0.3, -0.25) is 0 Å². The van der Waals surface area contributed by atoms with E-state index in [2.05, 4.69) is 5.32 Å². The third-order valence-electron chi connectivity index (χ3n) is 1.26. The molecule has 0 atom stereocenters. The molecule has 0 saturated heterocycles. The van der Waals surface area contributed by atoms with Crippen LogP contribution in [-0.2, 0) is 4.74 Å². The molecule has 0 amide bonds. The van der Waals surface area contributed by atoms with Crippen LogP contribution in [-0.4, -0.2) is 33.4 Å². The van der Waals surface area contributed by atoms with Crippen molar-refractivity contribution in [2.24, 2.45) is 5.73 Å². The first-order chi connectivity index (χ1) is 4.91. The van der Waals surface area contributed by atoms with Crippen LogP contribution < -0.4 is 11.1 Å². The Hall–Kier alpha value is -0.120. The third-order valence-corrected chi connectivity index (χ3v) is 1.26. The molecule has 0 rings (SSSR count). The standard InChI is InChI=1S/C7H18N2O/c1-10-7-3-6-9-5-2-4-8/h9H,2-8H2,1H3. The van der Waals surface area contributed by atoms with Gasteiger partial charge in [0.2, 0.25) is 0 Å². The van der Waals surface area contributed by atoms with Gasteiger partial charge in [-0.2, -0.15) is 0 Å². The Morgan fingerprint density at radius 1 is 1.30 bits per heavy atom. The molecule has 3 heteroatoms. The summed E-state index contributed by atoms with van der Waals surface area (Å²) in [5.74, 6) is 0. The van der Waals surface area contributed by atoms with Crippen LogP contribution in [0.2, 0.25) is 0 Å². The molecule has 0 fully saturated rings. The minimum atomic E-state index is 0.775. The zero-order valence-electron chi connectivity index (χ0n) is 6.73. The molecule has 0 aliphatic heterocycles. The summed E-state index contributed by atoms with van der Waals surface area (Å²) in [6, 6.07) is 0. The number of hydrogen-bond donors (Lipinski definition) is 2. The summed E-state index contributed by atoms with van der Waals surface area (Å²) < 4.78 is 4.88. The van der Waals surface area contributed by atoms with Gasteiger partial charge in [0.1, 0.15) is 0 Å². The molecule has 0 heterocycles. The van der Waals surface area contributed by atoms with Gasteiger partial charge in [-0.15, -0.1) is 0 Å². The van der Waals surface area contributed by atoms with E-state index in [0.29, 0.717) is 0 Å². The zero-order chi connectivity index (χ0) is 7.66. The molecular weight excluding hydrogens is 128 g/mol. The fraction of sp³-hybridized carbons (Fsp3) is 1.00. The van der Waals surface area contributed by atoms with Crippen LogP contribution in [0, 0.1) is 0 Å². The van der Waals surface area contributed by atoms with Crippen LogP contribution in [0.1, 0.15) is 12.8 Å². The number of nitrogens with two attached hydrogens (primary N) is 1. The Balaban J connectivity index is 2.65. The van der Waals surface area contributed by atoms with E-state index in [1.54, 1.807) is 7.11 Å². The largest absolute Gasteiger partial charge is 0.385 e. The van der Waals surface area contributed by atoms with Crippen LogP contribution in [0.25, 0.3) is 0 Å². The summed E-state index contributed by atoms with van der Waals surface area (Å²) in [7, 11) is 1.72. The topological polar surface area (TPSA) is 47.3 Å². The lowest BCUT2D eigenvalue weighted by Gasteiger charge is -2.01. The SMILES string of the molecule is COCCCNCCCN. The average molecular weight is 146 g/mol. The number of rotatable bonds is 7. The van der Waals surface area contributed by atoms with Crippen LogP contribution in [0.3, 0.4) is 0 Å². The van der Waals surface area contributed by atoms with Crippen LogP contribution >= 0.6 is 0 Å². The first-order valence-electron chi connectivity index (χ1n) is 3.81. The van der Waals surface area contributed by atoms with E-state index in [1.807, 2.05) is 0 Å². The van der Waals surface area contributed by atoms with Crippen molar-refractivity contribution in [2.75, 3.05) is 33.4 Å². The Labute approximate surface area is 62.9 Å². The van der Waals surface area contributed by atoms with E-state index >= 15 is 0 Å². The van der Waals surface area contributed by atoms with E-state index in [4.69, 9.17) is 10.5 Å². The highest BCUT2D eigenvalue weighted by Crippen LogP contribution is 1.77. The maximum atomic E-state index is 5.30. The summed E-state index contributed by atoms with van der Waals surface area (Å²) in [5, 5.41) is 3.26. The molecule has 0 aromatic heterocycles. The molecule has 0 aliphatic carbocycles. The van der Waals surface area contributed by atoms with E-state index in [0.717, 1.165) is 39.1 Å². The Morgan fingerprint density at radius 3 is 2.60 bits per heavy atom. The molecule has 10 heavy (non-hydrogen) atoms. The monoisotopic (exact) mass is 146 g/mol. The van der Waals surface area contributed by atoms with Gasteiger partial charge >= 0.3 is 0 Å². The summed E-state index contributed by atoms with van der Waals surface area (Å²) >= 11 is 0. The molecule has 0 radical (unpaired) electrons. The van der Waals surface area contributed by atoms with Gasteiger partial charge in [0.25, 0.3) is 0 Å². The molecule has 0 aromatic carbocycles. The van der Waals surface area contributed by atoms with Crippen LogP contribution in [0.4, 0.5) is 0 Å². The lowest BCUT2D eigenvalue weighted by atomic mass is 10.4. The maximum absolute atomic E-state index is 5.30. The first-order valence-corrected chi connectivity index (χ1v) is 3.81. The van der Waals surface area contributed by atoms with Crippen molar-refractivity contribution in [1.82, 2.24) is 5.32 Å². The Morgan fingerprint density at radius 2 is 2.00 bits per heavy atom. The predicted octanol–water partition coefficient (Wildman–Crippen LogP) is -0.0387. The van der Waals surface area contributed by atoms with Gasteiger partial charge in [0.05, 0.1) is 0 Å². The Bertz CT molecular complexity index is 51.6. The number of nitrogens with one attached hydrogen (secondary N) is 1. The van der Waals surface area contributed by atoms with Gasteiger partial charge in [-0.05, 0) is 32.5 Å². The fourth-order valence-electron chi connectivity index (χ4n) is 0.694. The van der Waals surface area contributed by atoms with Gasteiger partial charge in [-0.1, -0.05) is 0 Å². The highest BCUT2D eigenvalue weighted by atomic mass is 16.5. The molecular formula is C7H18N2O. The lowest BCUT2D eigenvalue weighted by molar-refractivity contribution is 0.194. The molecule has 0 saturated carbocycles. The second-order valence-corrected chi connectivity index (χ2v) is 2.24. The molecule has 62 valence electrons. The molecule has 0 bridgehead atoms. The van der Waals surface area contributed by atoms with Crippen molar-refractivity contribution in [1.29, 1.82) is 0 Å². The molecule has 0 aromatic rings. The number of hydrogen-bond acceptors (Lipinski definition) is 3. The summed E-state index contributed by atoms with van der Waals surface area (Å²) in [6.07, 6.45) is 2.15. The van der Waals surface area contributed by atoms with Crippen molar-refractivity contribution in [3.63, 3.8) is 0 Å². The van der Waals surface area contributed by atoms with E-state index in [9.17, 15) is 0 Å². The van der Waals surface area contributed by atoms with E-state index in [-0.39, 0.29) is 0 Å². The third kappa shape index (κ3) is 7.88. The zero-order valence-corrected chi connectivity index (χ0v) is 6.73.